The molecule has 0 fully saturated rings. The Balaban J connectivity index is 2.10. The fourth-order valence-corrected chi connectivity index (χ4v) is 1.58. The van der Waals surface area contributed by atoms with Gasteiger partial charge in [-0.25, -0.2) is 0 Å². The van der Waals surface area contributed by atoms with E-state index in [1.807, 2.05) is 12.1 Å². The van der Waals surface area contributed by atoms with Crippen molar-refractivity contribution in [2.75, 3.05) is 26.8 Å². The molecule has 1 N–H and O–H groups in total. The average Bonchev–Trinajstić information content (AvgIpc) is 2.33. The molecule has 102 valence electrons. The van der Waals surface area contributed by atoms with E-state index in [2.05, 4.69) is 38.2 Å². The largest absolute Gasteiger partial charge is 0.497 e. The summed E-state index contributed by atoms with van der Waals surface area (Å²) in [6, 6.07) is 8.20. The maximum Gasteiger partial charge on any atom is 0.118 e. The van der Waals surface area contributed by atoms with Crippen LogP contribution in [0.25, 0.3) is 0 Å². The maximum atomic E-state index is 5.63. The van der Waals surface area contributed by atoms with Crippen LogP contribution < -0.4 is 10.1 Å². The molecule has 3 heteroatoms. The Morgan fingerprint density at radius 3 is 2.28 bits per heavy atom. The van der Waals surface area contributed by atoms with Crippen molar-refractivity contribution >= 4 is 0 Å². The van der Waals surface area contributed by atoms with Gasteiger partial charge in [0.2, 0.25) is 0 Å². The van der Waals surface area contributed by atoms with Crippen LogP contribution >= 0.6 is 0 Å². The first kappa shape index (κ1) is 15.0. The molecular weight excluding hydrogens is 226 g/mol. The third kappa shape index (κ3) is 6.62. The molecule has 0 bridgehead atoms. The van der Waals surface area contributed by atoms with E-state index in [0.717, 1.165) is 31.9 Å². The second kappa shape index (κ2) is 7.39. The van der Waals surface area contributed by atoms with Crippen molar-refractivity contribution in [3.8, 4) is 5.75 Å². The summed E-state index contributed by atoms with van der Waals surface area (Å²) in [6.07, 6.45) is 1.03. The van der Waals surface area contributed by atoms with Crippen LogP contribution in [0.15, 0.2) is 24.3 Å². The quantitative estimate of drug-likeness (QED) is 0.756. The minimum absolute atomic E-state index is 0.0440. The molecule has 0 aliphatic carbocycles. The molecule has 3 nitrogen and oxygen atoms in total. The second-order valence-corrected chi connectivity index (χ2v) is 5.31. The van der Waals surface area contributed by atoms with Crippen molar-refractivity contribution in [1.29, 1.82) is 0 Å². The summed E-state index contributed by atoms with van der Waals surface area (Å²) in [7, 11) is 1.69. The lowest BCUT2D eigenvalue weighted by Gasteiger charge is -2.19. The molecule has 0 spiro atoms. The van der Waals surface area contributed by atoms with Gasteiger partial charge in [-0.05, 0) is 51.4 Å². The molecule has 1 aromatic carbocycles. The van der Waals surface area contributed by atoms with Crippen molar-refractivity contribution < 1.29 is 9.47 Å². The molecule has 0 saturated carbocycles. The van der Waals surface area contributed by atoms with Crippen molar-refractivity contribution in [3.63, 3.8) is 0 Å². The average molecular weight is 251 g/mol. The summed E-state index contributed by atoms with van der Waals surface area (Å²) in [5.41, 5.74) is 1.28. The van der Waals surface area contributed by atoms with E-state index < -0.39 is 0 Å². The molecule has 0 heterocycles. The summed E-state index contributed by atoms with van der Waals surface area (Å²) >= 11 is 0. The fraction of sp³-hybridized carbons (Fsp3) is 0.600. The zero-order valence-electron chi connectivity index (χ0n) is 12.0. The van der Waals surface area contributed by atoms with Gasteiger partial charge >= 0.3 is 0 Å². The summed E-state index contributed by atoms with van der Waals surface area (Å²) < 4.78 is 10.8. The van der Waals surface area contributed by atoms with Crippen molar-refractivity contribution in [2.24, 2.45) is 0 Å². The number of hydrogen-bond donors (Lipinski definition) is 1. The molecule has 0 atom stereocenters. The Morgan fingerprint density at radius 1 is 1.06 bits per heavy atom. The van der Waals surface area contributed by atoms with Crippen LogP contribution in [0.1, 0.15) is 26.3 Å². The summed E-state index contributed by atoms with van der Waals surface area (Å²) in [5.74, 6) is 0.908. The standard InChI is InChI=1S/C15H25NO2/c1-15(2,3)18-12-11-16-10-9-13-5-7-14(17-4)8-6-13/h5-8,16H,9-12H2,1-4H3. The first-order chi connectivity index (χ1) is 8.51. The Bertz CT molecular complexity index is 327. The number of methoxy groups -OCH3 is 1. The van der Waals surface area contributed by atoms with Crippen LogP contribution in [0.2, 0.25) is 0 Å². The molecule has 0 saturated heterocycles. The second-order valence-electron chi connectivity index (χ2n) is 5.31. The highest BCUT2D eigenvalue weighted by Crippen LogP contribution is 2.11. The van der Waals surface area contributed by atoms with Crippen LogP contribution in [-0.2, 0) is 11.2 Å². The maximum absolute atomic E-state index is 5.63. The van der Waals surface area contributed by atoms with E-state index in [0.29, 0.717) is 0 Å². The van der Waals surface area contributed by atoms with Crippen molar-refractivity contribution in [2.45, 2.75) is 32.8 Å². The number of hydrogen-bond acceptors (Lipinski definition) is 3. The first-order valence-corrected chi connectivity index (χ1v) is 6.49. The van der Waals surface area contributed by atoms with Crippen LogP contribution in [0.3, 0.4) is 0 Å². The summed E-state index contributed by atoms with van der Waals surface area (Å²) in [6.45, 7) is 8.85. The van der Waals surface area contributed by atoms with Crippen molar-refractivity contribution in [3.05, 3.63) is 29.8 Å². The van der Waals surface area contributed by atoms with E-state index in [4.69, 9.17) is 9.47 Å². The number of ether oxygens (including phenoxy) is 2. The molecule has 1 aromatic rings. The van der Waals surface area contributed by atoms with Gasteiger partial charge in [0.05, 0.1) is 19.3 Å². The van der Waals surface area contributed by atoms with E-state index in [9.17, 15) is 0 Å². The summed E-state index contributed by atoms with van der Waals surface area (Å²) in [5, 5.41) is 3.38. The lowest BCUT2D eigenvalue weighted by atomic mass is 10.1. The summed E-state index contributed by atoms with van der Waals surface area (Å²) in [4.78, 5) is 0. The molecule has 0 aliphatic heterocycles. The predicted octanol–water partition coefficient (Wildman–Crippen LogP) is 2.64. The van der Waals surface area contributed by atoms with Gasteiger partial charge in [-0.2, -0.15) is 0 Å². The topological polar surface area (TPSA) is 30.5 Å². The Morgan fingerprint density at radius 2 is 1.72 bits per heavy atom. The van der Waals surface area contributed by atoms with Gasteiger partial charge in [-0.1, -0.05) is 12.1 Å². The molecule has 0 amide bonds. The minimum Gasteiger partial charge on any atom is -0.497 e. The predicted molar refractivity (Wildman–Crippen MR) is 75.3 cm³/mol. The highest BCUT2D eigenvalue weighted by molar-refractivity contribution is 5.27. The van der Waals surface area contributed by atoms with Crippen LogP contribution in [0.5, 0.6) is 5.75 Å². The number of nitrogens with one attached hydrogen (secondary N) is 1. The molecule has 0 aromatic heterocycles. The lowest BCUT2D eigenvalue weighted by molar-refractivity contribution is -0.000710. The van der Waals surface area contributed by atoms with Crippen molar-refractivity contribution in [1.82, 2.24) is 5.32 Å². The number of benzene rings is 1. The highest BCUT2D eigenvalue weighted by atomic mass is 16.5. The first-order valence-electron chi connectivity index (χ1n) is 6.49. The third-order valence-corrected chi connectivity index (χ3v) is 2.56. The fourth-order valence-electron chi connectivity index (χ4n) is 1.58. The SMILES string of the molecule is COc1ccc(CCNCCOC(C)(C)C)cc1. The monoisotopic (exact) mass is 251 g/mol. The van der Waals surface area contributed by atoms with Gasteiger partial charge in [0.25, 0.3) is 0 Å². The Labute approximate surface area is 110 Å². The molecule has 0 radical (unpaired) electrons. The normalized spacial score (nSPS) is 11.6. The van der Waals surface area contributed by atoms with Gasteiger partial charge in [0.15, 0.2) is 0 Å². The zero-order chi connectivity index (χ0) is 13.4. The molecule has 0 aliphatic rings. The van der Waals surface area contributed by atoms with Crippen LogP contribution in [-0.4, -0.2) is 32.4 Å². The molecular formula is C15H25NO2. The van der Waals surface area contributed by atoms with Gasteiger partial charge in [-0.15, -0.1) is 0 Å². The van der Waals surface area contributed by atoms with Crippen LogP contribution in [0, 0.1) is 0 Å². The zero-order valence-corrected chi connectivity index (χ0v) is 12.0. The van der Waals surface area contributed by atoms with E-state index in [-0.39, 0.29) is 5.60 Å². The van der Waals surface area contributed by atoms with Crippen LogP contribution in [0.4, 0.5) is 0 Å². The lowest BCUT2D eigenvalue weighted by Crippen LogP contribution is -2.27. The van der Waals surface area contributed by atoms with Gasteiger partial charge < -0.3 is 14.8 Å². The molecule has 18 heavy (non-hydrogen) atoms. The van der Waals surface area contributed by atoms with Gasteiger partial charge in [0.1, 0.15) is 5.75 Å². The Hall–Kier alpha value is -1.06. The molecule has 1 rings (SSSR count). The molecule has 0 unspecified atom stereocenters. The van der Waals surface area contributed by atoms with E-state index >= 15 is 0 Å². The van der Waals surface area contributed by atoms with E-state index in [1.54, 1.807) is 7.11 Å². The van der Waals surface area contributed by atoms with Gasteiger partial charge in [-0.3, -0.25) is 0 Å². The van der Waals surface area contributed by atoms with E-state index in [1.165, 1.54) is 5.56 Å². The van der Waals surface area contributed by atoms with Gasteiger partial charge in [0, 0.05) is 6.54 Å². The minimum atomic E-state index is -0.0440. The smallest absolute Gasteiger partial charge is 0.118 e. The Kier molecular flexibility index (Phi) is 6.16. The number of rotatable bonds is 7. The highest BCUT2D eigenvalue weighted by Gasteiger charge is 2.08. The third-order valence-electron chi connectivity index (χ3n) is 2.56.